The molecular weight excluding hydrogens is 807 g/mol. The Morgan fingerprint density at radius 1 is 0.677 bits per heavy atom. The molecule has 0 radical (unpaired) electrons. The summed E-state index contributed by atoms with van der Waals surface area (Å²) in [6.45, 7) is 10.6. The van der Waals surface area contributed by atoms with E-state index >= 15 is 0 Å². The van der Waals surface area contributed by atoms with Crippen molar-refractivity contribution in [3.63, 3.8) is 0 Å². The third-order valence-electron chi connectivity index (χ3n) is 12.1. The van der Waals surface area contributed by atoms with Crippen molar-refractivity contribution >= 4 is 55.9 Å². The Morgan fingerprint density at radius 3 is 1.85 bits per heavy atom. The highest BCUT2D eigenvalue weighted by Gasteiger charge is 2.33. The lowest BCUT2D eigenvalue weighted by Gasteiger charge is -2.40. The second-order valence-electron chi connectivity index (χ2n) is 16.5. The molecule has 4 heterocycles. The fourth-order valence-corrected chi connectivity index (χ4v) is 10.1. The van der Waals surface area contributed by atoms with Crippen molar-refractivity contribution in [1.82, 2.24) is 21.3 Å². The fourth-order valence-electron chi connectivity index (χ4n) is 8.26. The number of amides is 2. The minimum atomic E-state index is -0.216. The van der Waals surface area contributed by atoms with Gasteiger partial charge in [0, 0.05) is 56.6 Å². The van der Waals surface area contributed by atoms with Gasteiger partial charge in [-0.05, 0) is 133 Å². The molecule has 2 fully saturated rings. The van der Waals surface area contributed by atoms with Crippen molar-refractivity contribution < 1.29 is 9.59 Å². The molecule has 0 spiro atoms. The highest BCUT2D eigenvalue weighted by Crippen LogP contribution is 2.40. The number of fused-ring (bicyclic) bond motifs is 1. The number of thiophene rings is 2. The van der Waals surface area contributed by atoms with Gasteiger partial charge in [0.15, 0.2) is 0 Å². The number of anilines is 2. The summed E-state index contributed by atoms with van der Waals surface area (Å²) in [6, 6.07) is 43.7. The Morgan fingerprint density at radius 2 is 1.29 bits per heavy atom. The molecule has 7 aromatic rings. The van der Waals surface area contributed by atoms with E-state index in [0.29, 0.717) is 22.0 Å². The van der Waals surface area contributed by atoms with Crippen LogP contribution in [0.5, 0.6) is 0 Å². The number of hydrogen-bond acceptors (Lipinski definition) is 9. The maximum Gasteiger partial charge on any atom is 0.252 e. The largest absolute Gasteiger partial charge is 0.380 e. The lowest BCUT2D eigenvalue weighted by atomic mass is 9.90. The Bertz CT molecular complexity index is 2850. The number of nitriles is 1. The van der Waals surface area contributed by atoms with E-state index in [4.69, 9.17) is 0 Å². The van der Waals surface area contributed by atoms with Crippen LogP contribution in [-0.2, 0) is 0 Å². The number of nitrogens with zero attached hydrogens (tertiary/aromatic N) is 1. The average Bonchev–Trinajstić information content (AvgIpc) is 3.93. The van der Waals surface area contributed by atoms with Crippen LogP contribution in [0.1, 0.15) is 85.4 Å². The molecule has 5 aromatic carbocycles. The van der Waals surface area contributed by atoms with Gasteiger partial charge in [0.2, 0.25) is 0 Å². The molecule has 2 unspecified atom stereocenters. The van der Waals surface area contributed by atoms with Crippen LogP contribution in [0.3, 0.4) is 0 Å². The van der Waals surface area contributed by atoms with Gasteiger partial charge in [-0.25, -0.2) is 0 Å². The van der Waals surface area contributed by atoms with Crippen molar-refractivity contribution in [2.75, 3.05) is 30.3 Å². The summed E-state index contributed by atoms with van der Waals surface area (Å²) in [4.78, 5) is 30.2. The summed E-state index contributed by atoms with van der Waals surface area (Å²) in [5.74, 6) is -0.204. The molecule has 6 N–H and O–H groups in total. The third kappa shape index (κ3) is 8.60. The Labute approximate surface area is 370 Å². The first-order valence-electron chi connectivity index (χ1n) is 21.1. The van der Waals surface area contributed by atoms with Gasteiger partial charge < -0.3 is 31.9 Å². The number of aryl methyl sites for hydroxylation is 2. The molecule has 2 saturated heterocycles. The predicted molar refractivity (Wildman–Crippen MR) is 254 cm³/mol. The van der Waals surface area contributed by atoms with E-state index in [-0.39, 0.29) is 36.0 Å². The molecule has 0 saturated carbocycles. The summed E-state index contributed by atoms with van der Waals surface area (Å²) in [5.41, 5.74) is 10.5. The van der Waals surface area contributed by atoms with Crippen LogP contribution < -0.4 is 31.9 Å². The Kier molecular flexibility index (Phi) is 11.7. The van der Waals surface area contributed by atoms with Crippen molar-refractivity contribution in [3.05, 3.63) is 165 Å². The Balaban J connectivity index is 0.868. The number of rotatable bonds is 13. The van der Waals surface area contributed by atoms with Gasteiger partial charge in [-0.1, -0.05) is 60.7 Å². The van der Waals surface area contributed by atoms with Gasteiger partial charge in [-0.15, -0.1) is 22.7 Å². The zero-order valence-electron chi connectivity index (χ0n) is 35.1. The molecule has 2 aliphatic rings. The molecular formula is C51H49N7O2S2. The SMILES string of the molecule is Cc1ccc(NC2CNC2)cc1C(=O)N[C@H](C)c1cccc(-c2cc3c(C4NCC4Nc4ccc(C)c(C(=O)N[C@H](C)c5cccc(-c6ccc(C#N)s6)c5)c4)cccc3s2)c1. The first kappa shape index (κ1) is 41.1. The fraction of sp³-hybridized carbons (Fsp3) is 0.235. The van der Waals surface area contributed by atoms with E-state index < -0.39 is 0 Å². The molecule has 312 valence electrons. The Hall–Kier alpha value is -6.29. The molecule has 9 nitrogen and oxygen atoms in total. The van der Waals surface area contributed by atoms with Crippen molar-refractivity contribution in [2.45, 2.75) is 57.9 Å². The zero-order chi connectivity index (χ0) is 42.9. The van der Waals surface area contributed by atoms with Gasteiger partial charge in [-0.3, -0.25) is 9.59 Å². The number of benzene rings is 5. The van der Waals surface area contributed by atoms with Crippen molar-refractivity contribution in [3.8, 4) is 27.0 Å². The van der Waals surface area contributed by atoms with E-state index in [1.165, 1.54) is 31.9 Å². The van der Waals surface area contributed by atoms with Gasteiger partial charge in [0.25, 0.3) is 11.8 Å². The molecule has 2 amide bonds. The van der Waals surface area contributed by atoms with E-state index in [2.05, 4.69) is 92.6 Å². The molecule has 0 aliphatic carbocycles. The van der Waals surface area contributed by atoms with Crippen LogP contribution in [-0.4, -0.2) is 43.5 Å². The highest BCUT2D eigenvalue weighted by atomic mass is 32.1. The average molecular weight is 856 g/mol. The number of hydrogen-bond donors (Lipinski definition) is 6. The molecule has 9 rings (SSSR count). The molecule has 2 aliphatic heterocycles. The maximum absolute atomic E-state index is 13.7. The van der Waals surface area contributed by atoms with E-state index in [1.807, 2.05) is 94.4 Å². The lowest BCUT2D eigenvalue weighted by molar-refractivity contribution is 0.0931. The summed E-state index contributed by atoms with van der Waals surface area (Å²) < 4.78 is 1.22. The van der Waals surface area contributed by atoms with Crippen molar-refractivity contribution in [2.24, 2.45) is 0 Å². The van der Waals surface area contributed by atoms with Gasteiger partial charge in [0.1, 0.15) is 10.9 Å². The monoisotopic (exact) mass is 855 g/mol. The molecule has 62 heavy (non-hydrogen) atoms. The minimum Gasteiger partial charge on any atom is -0.380 e. The van der Waals surface area contributed by atoms with Crippen molar-refractivity contribution in [1.29, 1.82) is 5.26 Å². The highest BCUT2D eigenvalue weighted by molar-refractivity contribution is 7.22. The molecule has 4 atom stereocenters. The standard InChI is InChI=1S/C51H49N7O2S2/c1-29-14-16-37(57-39-26-53-27-39)22-42(29)50(59)56-32(4)34-9-6-11-36(21-34)48-24-44-41(12-7-13-47(44)62-48)49-45(28-54-49)58-38-17-15-30(2)43(23-38)51(60)55-31(3)33-8-5-10-35(20-33)46-19-18-40(25-52)61-46/h5-24,31-32,39,45,49,53-54,57-58H,26-28H2,1-4H3,(H,55,60)(H,56,59)/t31-,32-,45?,49?/m1/s1. The van der Waals surface area contributed by atoms with Crippen LogP contribution in [0.4, 0.5) is 11.4 Å². The molecule has 2 aromatic heterocycles. The second-order valence-corrected chi connectivity index (χ2v) is 18.6. The normalized spacial score (nSPS) is 17.0. The first-order chi connectivity index (χ1) is 30.1. The quantitative estimate of drug-likeness (QED) is 0.0681. The number of nitrogens with one attached hydrogen (secondary N) is 6. The topological polar surface area (TPSA) is 130 Å². The number of carbonyl (C=O) groups is 2. The van der Waals surface area contributed by atoms with Crippen LogP contribution >= 0.6 is 22.7 Å². The van der Waals surface area contributed by atoms with E-state index in [1.54, 1.807) is 11.3 Å². The summed E-state index contributed by atoms with van der Waals surface area (Å²) >= 11 is 3.24. The van der Waals surface area contributed by atoms with Gasteiger partial charge >= 0.3 is 0 Å². The molecule has 11 heteroatoms. The molecule has 0 bridgehead atoms. The first-order valence-corrected chi connectivity index (χ1v) is 22.8. The van der Waals surface area contributed by atoms with Crippen LogP contribution in [0.25, 0.3) is 31.0 Å². The van der Waals surface area contributed by atoms with Crippen LogP contribution in [0.2, 0.25) is 0 Å². The summed E-state index contributed by atoms with van der Waals surface area (Å²) in [6.07, 6.45) is 0. The van der Waals surface area contributed by atoms with Crippen LogP contribution in [0, 0.1) is 25.2 Å². The van der Waals surface area contributed by atoms with E-state index in [9.17, 15) is 14.9 Å². The smallest absolute Gasteiger partial charge is 0.252 e. The summed E-state index contributed by atoms with van der Waals surface area (Å²) in [7, 11) is 0. The predicted octanol–water partition coefficient (Wildman–Crippen LogP) is 10.3. The van der Waals surface area contributed by atoms with Gasteiger partial charge in [0.05, 0.1) is 30.2 Å². The number of carbonyl (C=O) groups excluding carboxylic acids is 2. The minimum absolute atomic E-state index is 0.0808. The zero-order valence-corrected chi connectivity index (χ0v) is 36.8. The second kappa shape index (κ2) is 17.6. The van der Waals surface area contributed by atoms with E-state index in [0.717, 1.165) is 69.3 Å². The third-order valence-corrected chi connectivity index (χ3v) is 14.3. The maximum atomic E-state index is 13.7. The van der Waals surface area contributed by atoms with Crippen LogP contribution in [0.15, 0.2) is 121 Å². The van der Waals surface area contributed by atoms with Gasteiger partial charge in [-0.2, -0.15) is 5.26 Å². The lowest BCUT2D eigenvalue weighted by Crippen LogP contribution is -2.54. The summed E-state index contributed by atoms with van der Waals surface area (Å²) in [5, 5.41) is 31.1.